The molecule has 0 spiro atoms. The Morgan fingerprint density at radius 1 is 1.12 bits per heavy atom. The van der Waals surface area contributed by atoms with E-state index >= 15 is 0 Å². The predicted molar refractivity (Wildman–Crippen MR) is 61.1 cm³/mol. The minimum atomic E-state index is -0.369. The van der Waals surface area contributed by atoms with Gasteiger partial charge in [0.15, 0.2) is 5.58 Å². The summed E-state index contributed by atoms with van der Waals surface area (Å²) in [5.41, 5.74) is 1.27. The third-order valence-corrected chi connectivity index (χ3v) is 2.58. The van der Waals surface area contributed by atoms with Crippen LogP contribution in [0.4, 0.5) is 4.39 Å². The van der Waals surface area contributed by atoms with Crippen LogP contribution >= 0.6 is 0 Å². The van der Waals surface area contributed by atoms with E-state index in [2.05, 4.69) is 5.16 Å². The van der Waals surface area contributed by atoms with Gasteiger partial charge < -0.3 is 9.63 Å². The highest BCUT2D eigenvalue weighted by molar-refractivity contribution is 5.92. The summed E-state index contributed by atoms with van der Waals surface area (Å²) in [5, 5.41) is 13.9. The second-order valence-electron chi connectivity index (χ2n) is 3.69. The minimum absolute atomic E-state index is 0.0956. The number of benzene rings is 2. The monoisotopic (exact) mass is 229 g/mol. The molecule has 0 atom stereocenters. The van der Waals surface area contributed by atoms with Crippen molar-refractivity contribution in [1.82, 2.24) is 5.16 Å². The molecule has 3 rings (SSSR count). The van der Waals surface area contributed by atoms with Crippen LogP contribution in [0.5, 0.6) is 5.75 Å². The van der Waals surface area contributed by atoms with Gasteiger partial charge in [0.1, 0.15) is 17.3 Å². The number of aromatic nitrogens is 1. The van der Waals surface area contributed by atoms with Crippen LogP contribution in [0.1, 0.15) is 0 Å². The lowest BCUT2D eigenvalue weighted by Crippen LogP contribution is -1.83. The van der Waals surface area contributed by atoms with Crippen LogP contribution in [0.3, 0.4) is 0 Å². The average molecular weight is 229 g/mol. The number of aromatic hydroxyl groups is 1. The Balaban J connectivity index is 2.31. The summed E-state index contributed by atoms with van der Waals surface area (Å²) in [6.45, 7) is 0. The summed E-state index contributed by atoms with van der Waals surface area (Å²) in [7, 11) is 0. The van der Waals surface area contributed by atoms with Crippen LogP contribution in [-0.2, 0) is 0 Å². The molecule has 0 radical (unpaired) electrons. The van der Waals surface area contributed by atoms with Crippen LogP contribution in [0.15, 0.2) is 47.0 Å². The zero-order chi connectivity index (χ0) is 11.8. The Hall–Kier alpha value is -2.36. The fraction of sp³-hybridized carbons (Fsp3) is 0. The number of phenols is 1. The largest absolute Gasteiger partial charge is 0.508 e. The zero-order valence-corrected chi connectivity index (χ0v) is 8.72. The van der Waals surface area contributed by atoms with Crippen LogP contribution in [0.2, 0.25) is 0 Å². The van der Waals surface area contributed by atoms with Gasteiger partial charge in [-0.2, -0.15) is 0 Å². The molecule has 1 N–H and O–H groups in total. The molecule has 0 aliphatic carbocycles. The summed E-state index contributed by atoms with van der Waals surface area (Å²) in [6, 6.07) is 10.9. The molecule has 0 aliphatic rings. The molecular formula is C13H8FNO2. The lowest BCUT2D eigenvalue weighted by Gasteiger charge is -1.98. The summed E-state index contributed by atoms with van der Waals surface area (Å²) in [4.78, 5) is 0. The zero-order valence-electron chi connectivity index (χ0n) is 8.72. The van der Waals surface area contributed by atoms with E-state index in [0.29, 0.717) is 22.2 Å². The van der Waals surface area contributed by atoms with Crippen LogP contribution in [-0.4, -0.2) is 10.3 Å². The lowest BCUT2D eigenvalue weighted by molar-refractivity contribution is 0.457. The first-order chi connectivity index (χ1) is 8.25. The first kappa shape index (κ1) is 9.84. The van der Waals surface area contributed by atoms with Crippen molar-refractivity contribution in [2.75, 3.05) is 0 Å². The molecule has 3 nitrogen and oxygen atoms in total. The van der Waals surface area contributed by atoms with Crippen molar-refractivity contribution in [1.29, 1.82) is 0 Å². The molecule has 0 amide bonds. The van der Waals surface area contributed by atoms with E-state index in [-0.39, 0.29) is 11.6 Å². The quantitative estimate of drug-likeness (QED) is 0.696. The third-order valence-electron chi connectivity index (χ3n) is 2.58. The highest BCUT2D eigenvalue weighted by atomic mass is 19.1. The minimum Gasteiger partial charge on any atom is -0.508 e. The second-order valence-corrected chi connectivity index (χ2v) is 3.69. The first-order valence-electron chi connectivity index (χ1n) is 5.09. The van der Waals surface area contributed by atoms with Crippen molar-refractivity contribution in [3.05, 3.63) is 48.3 Å². The summed E-state index contributed by atoms with van der Waals surface area (Å²) in [6.07, 6.45) is 0. The lowest BCUT2D eigenvalue weighted by atomic mass is 10.1. The highest BCUT2D eigenvalue weighted by Gasteiger charge is 2.13. The van der Waals surface area contributed by atoms with E-state index in [4.69, 9.17) is 4.52 Å². The number of fused-ring (bicyclic) bond motifs is 1. The molecule has 1 heterocycles. The van der Waals surface area contributed by atoms with E-state index in [9.17, 15) is 9.50 Å². The fourth-order valence-corrected chi connectivity index (χ4v) is 1.77. The maximum Gasteiger partial charge on any atom is 0.167 e. The van der Waals surface area contributed by atoms with Gasteiger partial charge in [0.05, 0.1) is 5.39 Å². The molecule has 0 bridgehead atoms. The molecule has 0 unspecified atom stereocenters. The summed E-state index contributed by atoms with van der Waals surface area (Å²) < 4.78 is 18.7. The SMILES string of the molecule is Oc1ccc2onc(-c3ccccc3F)c2c1. The van der Waals surface area contributed by atoms with E-state index in [1.54, 1.807) is 24.3 Å². The van der Waals surface area contributed by atoms with Crippen LogP contribution in [0, 0.1) is 5.82 Å². The number of halogens is 1. The van der Waals surface area contributed by atoms with Gasteiger partial charge in [-0.25, -0.2) is 4.39 Å². The van der Waals surface area contributed by atoms with E-state index in [1.165, 1.54) is 18.2 Å². The first-order valence-corrected chi connectivity index (χ1v) is 5.09. The molecule has 0 aliphatic heterocycles. The van der Waals surface area contributed by atoms with Gasteiger partial charge in [0.25, 0.3) is 0 Å². The Bertz CT molecular complexity index is 691. The third kappa shape index (κ3) is 1.54. The molecule has 4 heteroatoms. The van der Waals surface area contributed by atoms with Gasteiger partial charge >= 0.3 is 0 Å². The van der Waals surface area contributed by atoms with E-state index in [1.807, 2.05) is 0 Å². The Kier molecular flexibility index (Phi) is 2.08. The molecule has 3 aromatic rings. The number of hydrogen-bond donors (Lipinski definition) is 1. The number of rotatable bonds is 1. The average Bonchev–Trinajstić information content (AvgIpc) is 2.72. The molecule has 2 aromatic carbocycles. The van der Waals surface area contributed by atoms with Gasteiger partial charge in [0.2, 0.25) is 0 Å². The molecule has 0 saturated carbocycles. The van der Waals surface area contributed by atoms with Crippen molar-refractivity contribution < 1.29 is 14.0 Å². The van der Waals surface area contributed by atoms with Crippen molar-refractivity contribution >= 4 is 11.0 Å². The number of nitrogens with zero attached hydrogens (tertiary/aromatic N) is 1. The van der Waals surface area contributed by atoms with Crippen molar-refractivity contribution in [2.24, 2.45) is 0 Å². The molecule has 1 aromatic heterocycles. The van der Waals surface area contributed by atoms with Gasteiger partial charge in [-0.1, -0.05) is 17.3 Å². The van der Waals surface area contributed by atoms with Crippen LogP contribution < -0.4 is 0 Å². The van der Waals surface area contributed by atoms with Gasteiger partial charge in [-0.3, -0.25) is 0 Å². The normalized spacial score (nSPS) is 10.9. The smallest absolute Gasteiger partial charge is 0.167 e. The van der Waals surface area contributed by atoms with Gasteiger partial charge in [-0.05, 0) is 30.3 Å². The summed E-state index contributed by atoms with van der Waals surface area (Å²) in [5.74, 6) is -0.274. The van der Waals surface area contributed by atoms with Gasteiger partial charge in [-0.15, -0.1) is 0 Å². The number of hydrogen-bond acceptors (Lipinski definition) is 3. The number of phenolic OH excluding ortho intramolecular Hbond substituents is 1. The molecule has 84 valence electrons. The van der Waals surface area contributed by atoms with Crippen molar-refractivity contribution in [3.63, 3.8) is 0 Å². The van der Waals surface area contributed by atoms with Crippen LogP contribution in [0.25, 0.3) is 22.2 Å². The van der Waals surface area contributed by atoms with Crippen molar-refractivity contribution in [3.8, 4) is 17.0 Å². The highest BCUT2D eigenvalue weighted by Crippen LogP contribution is 2.31. The molecule has 17 heavy (non-hydrogen) atoms. The maximum absolute atomic E-state index is 13.6. The molecule has 0 fully saturated rings. The second kappa shape index (κ2) is 3.59. The molecule has 0 saturated heterocycles. The Morgan fingerprint density at radius 2 is 1.94 bits per heavy atom. The maximum atomic E-state index is 13.6. The van der Waals surface area contributed by atoms with Gasteiger partial charge in [0, 0.05) is 5.56 Å². The van der Waals surface area contributed by atoms with E-state index in [0.717, 1.165) is 0 Å². The van der Waals surface area contributed by atoms with E-state index < -0.39 is 0 Å². The predicted octanol–water partition coefficient (Wildman–Crippen LogP) is 3.34. The topological polar surface area (TPSA) is 46.3 Å². The molecular weight excluding hydrogens is 221 g/mol. The summed E-state index contributed by atoms with van der Waals surface area (Å²) >= 11 is 0. The van der Waals surface area contributed by atoms with Crippen molar-refractivity contribution in [2.45, 2.75) is 0 Å². The Morgan fingerprint density at radius 3 is 2.76 bits per heavy atom. The Labute approximate surface area is 96.1 Å². The standard InChI is InChI=1S/C13H8FNO2/c14-11-4-2-1-3-9(11)13-10-7-8(16)5-6-12(10)17-15-13/h1-7,16H. The fourth-order valence-electron chi connectivity index (χ4n) is 1.77.